The van der Waals surface area contributed by atoms with Crippen LogP contribution in [0.1, 0.15) is 15.9 Å². The molecule has 0 saturated carbocycles. The molecule has 5 heteroatoms. The predicted octanol–water partition coefficient (Wildman–Crippen LogP) is 2.98. The average Bonchev–Trinajstić information content (AvgIpc) is 2.43. The number of benzene rings is 2. The second-order valence-corrected chi connectivity index (χ2v) is 4.38. The Labute approximate surface area is 116 Å². The van der Waals surface area contributed by atoms with Crippen LogP contribution in [-0.2, 0) is 0 Å². The van der Waals surface area contributed by atoms with Crippen LogP contribution in [0, 0.1) is 12.7 Å². The number of nitrogens with two attached hydrogens (primary N) is 1. The molecule has 0 fully saturated rings. The highest BCUT2D eigenvalue weighted by Crippen LogP contribution is 2.22. The molecule has 1 amide bonds. The molecular weight excluding hydrogens is 259 g/mol. The summed E-state index contributed by atoms with van der Waals surface area (Å²) < 4.78 is 18.2. The minimum Gasteiger partial charge on any atom is -0.494 e. The number of carbonyl (C=O) groups excluding carboxylic acids is 1. The Bertz CT molecular complexity index is 656. The molecule has 0 saturated heterocycles. The number of carbonyl (C=O) groups is 1. The molecule has 0 bridgehead atoms. The van der Waals surface area contributed by atoms with Gasteiger partial charge in [0.25, 0.3) is 5.91 Å². The van der Waals surface area contributed by atoms with Gasteiger partial charge in [-0.2, -0.15) is 0 Å². The van der Waals surface area contributed by atoms with Crippen LogP contribution < -0.4 is 15.8 Å². The van der Waals surface area contributed by atoms with Gasteiger partial charge < -0.3 is 15.8 Å². The van der Waals surface area contributed by atoms with Crippen molar-refractivity contribution in [1.82, 2.24) is 0 Å². The number of aryl methyl sites for hydroxylation is 1. The van der Waals surface area contributed by atoms with E-state index in [1.165, 1.54) is 25.3 Å². The highest BCUT2D eigenvalue weighted by Gasteiger charge is 2.11. The maximum absolute atomic E-state index is 13.3. The first-order chi connectivity index (χ1) is 9.51. The van der Waals surface area contributed by atoms with Crippen molar-refractivity contribution in [2.45, 2.75) is 6.92 Å². The largest absolute Gasteiger partial charge is 0.494 e. The van der Waals surface area contributed by atoms with Crippen molar-refractivity contribution in [2.24, 2.45) is 0 Å². The molecule has 0 aromatic heterocycles. The second-order valence-electron chi connectivity index (χ2n) is 4.38. The van der Waals surface area contributed by atoms with Gasteiger partial charge in [-0.15, -0.1) is 0 Å². The van der Waals surface area contributed by atoms with E-state index in [2.05, 4.69) is 5.32 Å². The quantitative estimate of drug-likeness (QED) is 0.846. The van der Waals surface area contributed by atoms with Crippen LogP contribution in [-0.4, -0.2) is 13.0 Å². The van der Waals surface area contributed by atoms with Crippen molar-refractivity contribution in [3.05, 3.63) is 53.3 Å². The summed E-state index contributed by atoms with van der Waals surface area (Å²) in [7, 11) is 1.37. The van der Waals surface area contributed by atoms with E-state index in [0.29, 0.717) is 16.9 Å². The van der Waals surface area contributed by atoms with Gasteiger partial charge in [-0.25, -0.2) is 4.39 Å². The van der Waals surface area contributed by atoms with Gasteiger partial charge in [0, 0.05) is 23.0 Å². The maximum atomic E-state index is 13.3. The van der Waals surface area contributed by atoms with Crippen LogP contribution in [0.3, 0.4) is 0 Å². The smallest absolute Gasteiger partial charge is 0.256 e. The average molecular weight is 274 g/mol. The molecule has 0 heterocycles. The molecule has 4 nitrogen and oxygen atoms in total. The van der Waals surface area contributed by atoms with E-state index in [1.54, 1.807) is 18.2 Å². The van der Waals surface area contributed by atoms with Crippen molar-refractivity contribution in [2.75, 3.05) is 18.2 Å². The number of amides is 1. The van der Waals surface area contributed by atoms with Gasteiger partial charge in [-0.05, 0) is 36.8 Å². The standard InChI is InChI=1S/C15H15FN2O2/c1-9-3-4-10(17)7-12(9)15(19)18-11-5-6-13(16)14(8-11)20-2/h3-8H,17H2,1-2H3,(H,18,19). The van der Waals surface area contributed by atoms with E-state index >= 15 is 0 Å². The van der Waals surface area contributed by atoms with Gasteiger partial charge in [-0.1, -0.05) is 6.07 Å². The highest BCUT2D eigenvalue weighted by atomic mass is 19.1. The third-order valence-electron chi connectivity index (χ3n) is 2.92. The minimum atomic E-state index is -0.481. The third kappa shape index (κ3) is 2.88. The molecule has 0 aliphatic heterocycles. The molecule has 0 radical (unpaired) electrons. The zero-order valence-corrected chi connectivity index (χ0v) is 11.2. The van der Waals surface area contributed by atoms with Crippen LogP contribution in [0.15, 0.2) is 36.4 Å². The zero-order chi connectivity index (χ0) is 14.7. The maximum Gasteiger partial charge on any atom is 0.256 e. The number of nitrogen functional groups attached to an aromatic ring is 1. The Morgan fingerprint density at radius 3 is 2.70 bits per heavy atom. The van der Waals surface area contributed by atoms with Gasteiger partial charge in [-0.3, -0.25) is 4.79 Å². The SMILES string of the molecule is COc1cc(NC(=O)c2cc(N)ccc2C)ccc1F. The second kappa shape index (κ2) is 5.61. The minimum absolute atomic E-state index is 0.0760. The van der Waals surface area contributed by atoms with Crippen molar-refractivity contribution in [3.63, 3.8) is 0 Å². The fraction of sp³-hybridized carbons (Fsp3) is 0.133. The van der Waals surface area contributed by atoms with Crippen LogP contribution in [0.5, 0.6) is 5.75 Å². The number of hydrogen-bond acceptors (Lipinski definition) is 3. The Balaban J connectivity index is 2.25. The molecule has 0 spiro atoms. The van der Waals surface area contributed by atoms with Crippen LogP contribution >= 0.6 is 0 Å². The molecule has 20 heavy (non-hydrogen) atoms. The predicted molar refractivity (Wildman–Crippen MR) is 76.5 cm³/mol. The van der Waals surface area contributed by atoms with Crippen LogP contribution in [0.25, 0.3) is 0 Å². The molecule has 2 aromatic carbocycles. The van der Waals surface area contributed by atoms with Crippen molar-refractivity contribution >= 4 is 17.3 Å². The number of halogens is 1. The van der Waals surface area contributed by atoms with Crippen LogP contribution in [0.4, 0.5) is 15.8 Å². The monoisotopic (exact) mass is 274 g/mol. The fourth-order valence-electron chi connectivity index (χ4n) is 1.82. The lowest BCUT2D eigenvalue weighted by atomic mass is 10.1. The Kier molecular flexibility index (Phi) is 3.89. The Morgan fingerprint density at radius 1 is 1.25 bits per heavy atom. The Hall–Kier alpha value is -2.56. The lowest BCUT2D eigenvalue weighted by Gasteiger charge is -2.10. The summed E-state index contributed by atoms with van der Waals surface area (Å²) in [5.41, 5.74) is 7.93. The summed E-state index contributed by atoms with van der Waals surface area (Å²) >= 11 is 0. The highest BCUT2D eigenvalue weighted by molar-refractivity contribution is 6.05. The van der Waals surface area contributed by atoms with Crippen molar-refractivity contribution in [1.29, 1.82) is 0 Å². The summed E-state index contributed by atoms with van der Waals surface area (Å²) in [4.78, 5) is 12.2. The number of methoxy groups -OCH3 is 1. The number of nitrogens with one attached hydrogen (secondary N) is 1. The molecule has 104 valence electrons. The fourth-order valence-corrected chi connectivity index (χ4v) is 1.82. The van der Waals surface area contributed by atoms with Gasteiger partial charge >= 0.3 is 0 Å². The molecule has 2 aromatic rings. The normalized spacial score (nSPS) is 10.2. The van der Waals surface area contributed by atoms with E-state index in [4.69, 9.17) is 10.5 Å². The van der Waals surface area contributed by atoms with E-state index in [0.717, 1.165) is 5.56 Å². The number of ether oxygens (including phenoxy) is 1. The third-order valence-corrected chi connectivity index (χ3v) is 2.92. The first-order valence-corrected chi connectivity index (χ1v) is 6.02. The number of anilines is 2. The Morgan fingerprint density at radius 2 is 2.00 bits per heavy atom. The molecule has 3 N–H and O–H groups in total. The van der Waals surface area contributed by atoms with Crippen molar-refractivity contribution in [3.8, 4) is 5.75 Å². The van der Waals surface area contributed by atoms with E-state index in [-0.39, 0.29) is 11.7 Å². The lowest BCUT2D eigenvalue weighted by Crippen LogP contribution is -2.14. The first-order valence-electron chi connectivity index (χ1n) is 6.02. The number of rotatable bonds is 3. The number of hydrogen-bond donors (Lipinski definition) is 2. The van der Waals surface area contributed by atoms with Gasteiger partial charge in [0.05, 0.1) is 7.11 Å². The van der Waals surface area contributed by atoms with Crippen molar-refractivity contribution < 1.29 is 13.9 Å². The molecule has 2 rings (SSSR count). The lowest BCUT2D eigenvalue weighted by molar-refractivity contribution is 0.102. The summed E-state index contributed by atoms with van der Waals surface area (Å²) in [6, 6.07) is 9.24. The van der Waals surface area contributed by atoms with E-state index in [1.807, 2.05) is 6.92 Å². The molecule has 0 aliphatic carbocycles. The van der Waals surface area contributed by atoms with Gasteiger partial charge in [0.15, 0.2) is 11.6 Å². The first kappa shape index (κ1) is 13.9. The summed E-state index contributed by atoms with van der Waals surface area (Å²) in [5, 5.41) is 2.69. The molecule has 0 unspecified atom stereocenters. The summed E-state index contributed by atoms with van der Waals surface area (Å²) in [6.45, 7) is 1.82. The topological polar surface area (TPSA) is 64.3 Å². The van der Waals surface area contributed by atoms with Gasteiger partial charge in [0.1, 0.15) is 0 Å². The van der Waals surface area contributed by atoms with E-state index in [9.17, 15) is 9.18 Å². The summed E-state index contributed by atoms with van der Waals surface area (Å²) in [5.74, 6) is -0.707. The van der Waals surface area contributed by atoms with Gasteiger partial charge in [0.2, 0.25) is 0 Å². The van der Waals surface area contributed by atoms with Crippen LogP contribution in [0.2, 0.25) is 0 Å². The zero-order valence-electron chi connectivity index (χ0n) is 11.2. The van der Waals surface area contributed by atoms with E-state index < -0.39 is 5.82 Å². The molecule has 0 atom stereocenters. The molecular formula is C15H15FN2O2. The molecule has 0 aliphatic rings. The summed E-state index contributed by atoms with van der Waals surface area (Å²) in [6.07, 6.45) is 0.